The van der Waals surface area contributed by atoms with Gasteiger partial charge >= 0.3 is 16.5 Å². The molecule has 2 heterocycles. The van der Waals surface area contributed by atoms with Crippen LogP contribution in [0, 0.1) is 0 Å². The molecule has 4 rings (SSSR count). The average Bonchev–Trinajstić information content (AvgIpc) is 3.39. The van der Waals surface area contributed by atoms with Gasteiger partial charge in [0.25, 0.3) is 0 Å². The molecule has 0 aromatic heterocycles. The molecule has 0 unspecified atom stereocenters. The maximum atomic E-state index is 6.78. The molecular weight excluding hydrogens is 562 g/mol. The third kappa shape index (κ3) is 7.35. The number of aliphatic imine (C=N–C) groups is 2. The number of hydrogen-bond acceptors (Lipinski definition) is 4. The summed E-state index contributed by atoms with van der Waals surface area (Å²) in [5.74, 6) is 1.55. The summed E-state index contributed by atoms with van der Waals surface area (Å²) in [6.45, 7) is 8.94. The molecule has 38 heavy (non-hydrogen) atoms. The van der Waals surface area contributed by atoms with Crippen molar-refractivity contribution in [3.8, 4) is 0 Å². The van der Waals surface area contributed by atoms with Gasteiger partial charge in [0.1, 0.15) is 23.3 Å². The Balaban J connectivity index is 0.00000241. The van der Waals surface area contributed by atoms with E-state index in [1.54, 1.807) is 0 Å². The normalized spacial score (nSPS) is 20.5. The maximum Gasteiger partial charge on any atom is 2.00 e. The van der Waals surface area contributed by atoms with Gasteiger partial charge < -0.3 is 34.3 Å². The maximum absolute atomic E-state index is 6.78. The summed E-state index contributed by atoms with van der Waals surface area (Å²) < 4.78 is 13.6. The van der Waals surface area contributed by atoms with Gasteiger partial charge in [0.15, 0.2) is 11.8 Å². The van der Waals surface area contributed by atoms with Crippen LogP contribution in [0.25, 0.3) is 0 Å². The Hall–Kier alpha value is -1.55. The molecule has 0 amide bonds. The van der Waals surface area contributed by atoms with Crippen molar-refractivity contribution in [2.45, 2.75) is 109 Å². The van der Waals surface area contributed by atoms with Crippen LogP contribution in [0.3, 0.4) is 0 Å². The minimum Gasteiger partial charge on any atom is -1.00 e. The Labute approximate surface area is 252 Å². The zero-order valence-corrected chi connectivity index (χ0v) is 25.6. The van der Waals surface area contributed by atoms with Crippen LogP contribution >= 0.6 is 0 Å². The number of ether oxygens (including phenoxy) is 2. The average molecular weight is 604 g/mol. The van der Waals surface area contributed by atoms with Crippen molar-refractivity contribution in [2.24, 2.45) is 9.98 Å². The Kier molecular flexibility index (Phi) is 14.4. The van der Waals surface area contributed by atoms with Crippen LogP contribution < -0.4 is 24.8 Å². The van der Waals surface area contributed by atoms with Crippen LogP contribution in [0.4, 0.5) is 0 Å². The van der Waals surface area contributed by atoms with Gasteiger partial charge in [-0.1, -0.05) is 114 Å². The largest absolute Gasteiger partial charge is 2.00 e. The van der Waals surface area contributed by atoms with Crippen molar-refractivity contribution in [1.29, 1.82) is 0 Å². The number of nitrogens with zero attached hydrogens (tertiary/aromatic N) is 2. The molecule has 0 fully saturated rings. The zero-order valence-electron chi connectivity index (χ0n) is 23.1. The van der Waals surface area contributed by atoms with Gasteiger partial charge in [-0.3, -0.25) is 0 Å². The van der Waals surface area contributed by atoms with E-state index in [2.05, 4.69) is 88.4 Å². The number of hydrogen-bond donors (Lipinski definition) is 0. The third-order valence-corrected chi connectivity index (χ3v) is 7.41. The van der Waals surface area contributed by atoms with E-state index in [0.29, 0.717) is 6.42 Å². The summed E-state index contributed by atoms with van der Waals surface area (Å²) in [4.78, 5) is 10.4. The first-order valence-electron chi connectivity index (χ1n) is 13.7. The number of rotatable bonds is 12. The number of benzene rings is 2. The molecular formula is C31H42Cl2N2NiO2. The van der Waals surface area contributed by atoms with Crippen molar-refractivity contribution in [3.05, 3.63) is 71.8 Å². The molecule has 2 aliphatic rings. The quantitative estimate of drug-likeness (QED) is 0.350. The Bertz CT molecular complexity index is 924. The van der Waals surface area contributed by atoms with Gasteiger partial charge in [0.05, 0.1) is 6.42 Å². The summed E-state index contributed by atoms with van der Waals surface area (Å²) >= 11 is 0. The minimum absolute atomic E-state index is 0. The van der Waals surface area contributed by atoms with E-state index >= 15 is 0 Å². The molecule has 0 spiro atoms. The predicted molar refractivity (Wildman–Crippen MR) is 145 cm³/mol. The van der Waals surface area contributed by atoms with E-state index in [1.807, 2.05) is 0 Å². The molecule has 0 aliphatic carbocycles. The van der Waals surface area contributed by atoms with E-state index < -0.39 is 0 Å². The molecule has 4 nitrogen and oxygen atoms in total. The molecule has 2 aromatic rings. The van der Waals surface area contributed by atoms with Gasteiger partial charge in [-0.15, -0.1) is 0 Å². The Morgan fingerprint density at radius 3 is 1.18 bits per heavy atom. The molecule has 7 heteroatoms. The fraction of sp³-hybridized carbons (Fsp3) is 0.548. The Morgan fingerprint density at radius 2 is 0.895 bits per heavy atom. The van der Waals surface area contributed by atoms with Crippen molar-refractivity contribution in [3.63, 3.8) is 0 Å². The molecule has 0 radical (unpaired) electrons. The second kappa shape index (κ2) is 15.9. The van der Waals surface area contributed by atoms with E-state index in [0.717, 1.165) is 63.2 Å². The van der Waals surface area contributed by atoms with Gasteiger partial charge in [-0.25, -0.2) is 9.98 Å². The summed E-state index contributed by atoms with van der Waals surface area (Å²) in [6.07, 6.45) is 8.74. The van der Waals surface area contributed by atoms with Crippen LogP contribution in [-0.2, 0) is 26.0 Å². The van der Waals surface area contributed by atoms with Crippen molar-refractivity contribution < 1.29 is 50.8 Å². The topological polar surface area (TPSA) is 43.2 Å². The minimum atomic E-state index is -0.290. The summed E-state index contributed by atoms with van der Waals surface area (Å²) in [6, 6.07) is 21.3. The predicted octanol–water partition coefficient (Wildman–Crippen LogP) is 2.40. The van der Waals surface area contributed by atoms with Crippen LogP contribution in [0.5, 0.6) is 0 Å². The van der Waals surface area contributed by atoms with Crippen LogP contribution in [-0.4, -0.2) is 23.0 Å². The first-order valence-corrected chi connectivity index (χ1v) is 13.7. The molecule has 0 N–H and O–H groups in total. The third-order valence-electron chi connectivity index (χ3n) is 7.41. The second-order valence-electron chi connectivity index (χ2n) is 10.2. The fourth-order valence-corrected chi connectivity index (χ4v) is 6.17. The van der Waals surface area contributed by atoms with Gasteiger partial charge in [-0.2, -0.15) is 0 Å². The first kappa shape index (κ1) is 34.5. The standard InChI is InChI=1S/C31H42N2O2.2ClH.Ni/c1-5-19-30(20-6-2)28(24-15-11-9-12-16-24)32-26(34-30)23-27-33-29(25-17-13-10-14-18-25)31(35-27,21-7-3)22-8-4;;;/h9-18,28-29H,5-8,19-23H2,1-4H3;2*1H;/q;;;+2/p-2/t28-,29-;;;/m1.../s1. The SMILES string of the molecule is CCCC1(CCC)OC(CC2=N[C@H](c3ccccc3)C(CCC)(CCC)O2)=N[C@@H]1c1ccccc1.[Cl-].[Cl-].[Ni+2]. The van der Waals surface area contributed by atoms with Crippen LogP contribution in [0.1, 0.15) is 109 Å². The van der Waals surface area contributed by atoms with Crippen LogP contribution in [0.15, 0.2) is 70.6 Å². The first-order chi connectivity index (χ1) is 17.1. The molecule has 0 saturated heterocycles. The zero-order chi connectivity index (χ0) is 24.7. The molecule has 212 valence electrons. The van der Waals surface area contributed by atoms with Crippen molar-refractivity contribution in [2.75, 3.05) is 0 Å². The van der Waals surface area contributed by atoms with Gasteiger partial charge in [0.2, 0.25) is 0 Å². The molecule has 2 aromatic carbocycles. The molecule has 0 saturated carbocycles. The summed E-state index contributed by atoms with van der Waals surface area (Å²) in [5, 5.41) is 0. The van der Waals surface area contributed by atoms with E-state index in [9.17, 15) is 0 Å². The second-order valence-corrected chi connectivity index (χ2v) is 10.2. The summed E-state index contributed by atoms with van der Waals surface area (Å²) in [7, 11) is 0. The van der Waals surface area contributed by atoms with Crippen molar-refractivity contribution >= 4 is 11.8 Å². The monoisotopic (exact) mass is 602 g/mol. The molecule has 2 atom stereocenters. The van der Waals surface area contributed by atoms with E-state index in [-0.39, 0.29) is 64.6 Å². The van der Waals surface area contributed by atoms with Crippen molar-refractivity contribution in [1.82, 2.24) is 0 Å². The van der Waals surface area contributed by atoms with Crippen LogP contribution in [0.2, 0.25) is 0 Å². The van der Waals surface area contributed by atoms with E-state index in [1.165, 1.54) is 11.1 Å². The fourth-order valence-electron chi connectivity index (χ4n) is 6.17. The smallest absolute Gasteiger partial charge is 1.00 e. The Morgan fingerprint density at radius 1 is 0.579 bits per heavy atom. The van der Waals surface area contributed by atoms with Gasteiger partial charge in [0, 0.05) is 0 Å². The molecule has 2 aliphatic heterocycles. The van der Waals surface area contributed by atoms with E-state index in [4.69, 9.17) is 19.5 Å². The number of halogens is 2. The van der Waals surface area contributed by atoms with Gasteiger partial charge in [-0.05, 0) is 36.8 Å². The summed E-state index contributed by atoms with van der Waals surface area (Å²) in [5.41, 5.74) is 1.88. The molecule has 0 bridgehead atoms.